The summed E-state index contributed by atoms with van der Waals surface area (Å²) in [6.07, 6.45) is 2.08. The molecule has 0 spiro atoms. The number of nitrogens with one attached hydrogen (secondary N) is 2. The predicted octanol–water partition coefficient (Wildman–Crippen LogP) is -0.650. The number of likely N-dealkylation sites (tertiary alicyclic amines) is 1. The lowest BCUT2D eigenvalue weighted by molar-refractivity contribution is -0.124. The van der Waals surface area contributed by atoms with Gasteiger partial charge in [0.2, 0.25) is 5.91 Å². The van der Waals surface area contributed by atoms with Crippen molar-refractivity contribution in [2.45, 2.75) is 12.8 Å². The second kappa shape index (κ2) is 7.07. The van der Waals surface area contributed by atoms with Gasteiger partial charge in [0.15, 0.2) is 0 Å². The zero-order chi connectivity index (χ0) is 12.8. The van der Waals surface area contributed by atoms with Crippen molar-refractivity contribution < 1.29 is 4.79 Å². The quantitative estimate of drug-likeness (QED) is 0.640. The zero-order valence-corrected chi connectivity index (χ0v) is 11.5. The standard InChI is InChI=1S/C13H26N4O/c1-16-8-3-12(11-16)13(18)15-4-2-7-17-9-5-14-6-10-17/h12,14H,2-11H2,1H3,(H,15,18). The Morgan fingerprint density at radius 3 is 2.78 bits per heavy atom. The van der Waals surface area contributed by atoms with E-state index in [9.17, 15) is 4.79 Å². The summed E-state index contributed by atoms with van der Waals surface area (Å²) in [6.45, 7) is 8.38. The van der Waals surface area contributed by atoms with Crippen LogP contribution in [0.4, 0.5) is 0 Å². The summed E-state index contributed by atoms with van der Waals surface area (Å²) >= 11 is 0. The van der Waals surface area contributed by atoms with E-state index >= 15 is 0 Å². The van der Waals surface area contributed by atoms with Crippen LogP contribution in [0.15, 0.2) is 0 Å². The Bertz CT molecular complexity index is 266. The van der Waals surface area contributed by atoms with Gasteiger partial charge in [0.1, 0.15) is 0 Å². The molecule has 1 atom stereocenters. The third-order valence-corrected chi connectivity index (χ3v) is 3.92. The molecule has 2 rings (SSSR count). The molecule has 2 heterocycles. The summed E-state index contributed by atoms with van der Waals surface area (Å²) < 4.78 is 0. The van der Waals surface area contributed by atoms with Crippen molar-refractivity contribution in [3.05, 3.63) is 0 Å². The Kier molecular flexibility index (Phi) is 5.41. The van der Waals surface area contributed by atoms with Crippen molar-refractivity contribution in [1.29, 1.82) is 0 Å². The van der Waals surface area contributed by atoms with Crippen molar-refractivity contribution in [2.24, 2.45) is 5.92 Å². The van der Waals surface area contributed by atoms with Gasteiger partial charge in [-0.1, -0.05) is 0 Å². The normalized spacial score (nSPS) is 26.4. The molecule has 1 unspecified atom stereocenters. The largest absolute Gasteiger partial charge is 0.356 e. The summed E-state index contributed by atoms with van der Waals surface area (Å²) in [5, 5.41) is 6.43. The topological polar surface area (TPSA) is 47.6 Å². The van der Waals surface area contributed by atoms with Crippen LogP contribution in [0.25, 0.3) is 0 Å². The molecule has 104 valence electrons. The van der Waals surface area contributed by atoms with Crippen molar-refractivity contribution >= 4 is 5.91 Å². The minimum atomic E-state index is 0.217. The number of amides is 1. The van der Waals surface area contributed by atoms with Gasteiger partial charge in [-0.15, -0.1) is 0 Å². The minimum Gasteiger partial charge on any atom is -0.356 e. The SMILES string of the molecule is CN1CCC(C(=O)NCCCN2CCNCC2)C1. The minimum absolute atomic E-state index is 0.217. The molecule has 0 aromatic rings. The van der Waals surface area contributed by atoms with Gasteiger partial charge >= 0.3 is 0 Å². The fraction of sp³-hybridized carbons (Fsp3) is 0.923. The predicted molar refractivity (Wildman–Crippen MR) is 72.5 cm³/mol. The highest BCUT2D eigenvalue weighted by atomic mass is 16.1. The maximum atomic E-state index is 11.9. The van der Waals surface area contributed by atoms with Crippen LogP contribution >= 0.6 is 0 Å². The Labute approximate surface area is 110 Å². The van der Waals surface area contributed by atoms with Crippen molar-refractivity contribution in [2.75, 3.05) is 59.4 Å². The summed E-state index contributed by atoms with van der Waals surface area (Å²) in [5.74, 6) is 0.467. The zero-order valence-electron chi connectivity index (χ0n) is 11.5. The molecule has 0 bridgehead atoms. The summed E-state index contributed by atoms with van der Waals surface area (Å²) in [4.78, 5) is 16.6. The first kappa shape index (κ1) is 13.8. The van der Waals surface area contributed by atoms with E-state index in [0.29, 0.717) is 0 Å². The van der Waals surface area contributed by atoms with Crippen molar-refractivity contribution in [1.82, 2.24) is 20.4 Å². The van der Waals surface area contributed by atoms with Crippen LogP contribution in [0.5, 0.6) is 0 Å². The average molecular weight is 254 g/mol. The molecule has 5 nitrogen and oxygen atoms in total. The Morgan fingerprint density at radius 2 is 2.11 bits per heavy atom. The second-order valence-corrected chi connectivity index (χ2v) is 5.48. The van der Waals surface area contributed by atoms with Gasteiger partial charge in [0.05, 0.1) is 5.92 Å². The van der Waals surface area contributed by atoms with Crippen LogP contribution in [0.3, 0.4) is 0 Å². The van der Waals surface area contributed by atoms with E-state index in [2.05, 4.69) is 27.5 Å². The summed E-state index contributed by atoms with van der Waals surface area (Å²) in [5.41, 5.74) is 0. The smallest absolute Gasteiger partial charge is 0.224 e. The fourth-order valence-electron chi connectivity index (χ4n) is 2.74. The third-order valence-electron chi connectivity index (χ3n) is 3.92. The van der Waals surface area contributed by atoms with Crippen molar-refractivity contribution in [3.8, 4) is 0 Å². The molecule has 18 heavy (non-hydrogen) atoms. The molecule has 2 fully saturated rings. The lowest BCUT2D eigenvalue weighted by atomic mass is 10.1. The number of carbonyl (C=O) groups is 1. The van der Waals surface area contributed by atoms with Crippen LogP contribution in [0.2, 0.25) is 0 Å². The molecular weight excluding hydrogens is 228 g/mol. The Morgan fingerprint density at radius 1 is 1.33 bits per heavy atom. The molecule has 0 aromatic carbocycles. The van der Waals surface area contributed by atoms with E-state index in [1.807, 2.05) is 0 Å². The number of carbonyl (C=O) groups excluding carboxylic acids is 1. The molecule has 0 aromatic heterocycles. The molecule has 0 aliphatic carbocycles. The highest BCUT2D eigenvalue weighted by molar-refractivity contribution is 5.79. The van der Waals surface area contributed by atoms with Gasteiger partial charge in [-0.3, -0.25) is 4.79 Å². The van der Waals surface area contributed by atoms with Crippen molar-refractivity contribution in [3.63, 3.8) is 0 Å². The van der Waals surface area contributed by atoms with Crippen LogP contribution in [0, 0.1) is 5.92 Å². The second-order valence-electron chi connectivity index (χ2n) is 5.48. The van der Waals surface area contributed by atoms with E-state index < -0.39 is 0 Å². The number of piperazine rings is 1. The maximum Gasteiger partial charge on any atom is 0.224 e. The Hall–Kier alpha value is -0.650. The first-order chi connectivity index (χ1) is 8.75. The molecule has 5 heteroatoms. The van der Waals surface area contributed by atoms with E-state index in [1.54, 1.807) is 0 Å². The average Bonchev–Trinajstić information content (AvgIpc) is 2.82. The monoisotopic (exact) mass is 254 g/mol. The summed E-state index contributed by atoms with van der Waals surface area (Å²) in [6, 6.07) is 0. The lowest BCUT2D eigenvalue weighted by Crippen LogP contribution is -2.44. The maximum absolute atomic E-state index is 11.9. The van der Waals surface area contributed by atoms with E-state index in [-0.39, 0.29) is 11.8 Å². The molecular formula is C13H26N4O. The van der Waals surface area contributed by atoms with Crippen LogP contribution in [-0.2, 0) is 4.79 Å². The molecule has 2 aliphatic heterocycles. The van der Waals surface area contributed by atoms with Crippen LogP contribution in [0.1, 0.15) is 12.8 Å². The third kappa shape index (κ3) is 4.23. The van der Waals surface area contributed by atoms with Crippen LogP contribution in [-0.4, -0.2) is 75.1 Å². The van der Waals surface area contributed by atoms with Crippen LogP contribution < -0.4 is 10.6 Å². The lowest BCUT2D eigenvalue weighted by Gasteiger charge is -2.27. The summed E-state index contributed by atoms with van der Waals surface area (Å²) in [7, 11) is 2.08. The number of rotatable bonds is 5. The van der Waals surface area contributed by atoms with Gasteiger partial charge in [0.25, 0.3) is 0 Å². The first-order valence-electron chi connectivity index (χ1n) is 7.15. The Balaban J connectivity index is 1.53. The number of hydrogen-bond acceptors (Lipinski definition) is 4. The van der Waals surface area contributed by atoms with E-state index in [0.717, 1.165) is 65.2 Å². The number of hydrogen-bond donors (Lipinski definition) is 2. The fourth-order valence-corrected chi connectivity index (χ4v) is 2.74. The van der Waals surface area contributed by atoms with E-state index in [1.165, 1.54) is 0 Å². The van der Waals surface area contributed by atoms with Gasteiger partial charge in [0, 0.05) is 39.3 Å². The molecule has 0 radical (unpaired) electrons. The van der Waals surface area contributed by atoms with Gasteiger partial charge < -0.3 is 20.4 Å². The van der Waals surface area contributed by atoms with Gasteiger partial charge in [-0.25, -0.2) is 0 Å². The number of nitrogens with zero attached hydrogens (tertiary/aromatic N) is 2. The molecule has 1 amide bonds. The van der Waals surface area contributed by atoms with Gasteiger partial charge in [-0.2, -0.15) is 0 Å². The molecule has 0 saturated carbocycles. The highest BCUT2D eigenvalue weighted by Gasteiger charge is 2.25. The molecule has 2 saturated heterocycles. The van der Waals surface area contributed by atoms with Gasteiger partial charge in [-0.05, 0) is 33.0 Å². The highest BCUT2D eigenvalue weighted by Crippen LogP contribution is 2.13. The van der Waals surface area contributed by atoms with E-state index in [4.69, 9.17) is 0 Å². The molecule has 2 N–H and O–H groups in total. The first-order valence-corrected chi connectivity index (χ1v) is 7.15. The molecule has 2 aliphatic rings.